The van der Waals surface area contributed by atoms with Crippen LogP contribution in [-0.4, -0.2) is 94.5 Å². The Hall–Kier alpha value is -4.06. The highest BCUT2D eigenvalue weighted by Gasteiger charge is 2.42. The molecule has 0 radical (unpaired) electrons. The molecule has 3 aliphatic heterocycles. The Kier molecular flexibility index (Phi) is 9.88. The number of benzene rings is 1. The van der Waals surface area contributed by atoms with E-state index in [-0.39, 0.29) is 24.3 Å². The molecular weight excluding hydrogens is 606 g/mol. The quantitative estimate of drug-likeness (QED) is 0.296. The Morgan fingerprint density at radius 2 is 1.71 bits per heavy atom. The van der Waals surface area contributed by atoms with Crippen molar-refractivity contribution in [3.8, 4) is 0 Å². The van der Waals surface area contributed by atoms with Crippen LogP contribution in [0.15, 0.2) is 36.5 Å². The second kappa shape index (κ2) is 14.6. The summed E-state index contributed by atoms with van der Waals surface area (Å²) in [5.74, 6) is 1.38. The lowest BCUT2D eigenvalue weighted by molar-refractivity contribution is -0.120. The summed E-state index contributed by atoms with van der Waals surface area (Å²) in [6, 6.07) is 11.4. The van der Waals surface area contributed by atoms with Gasteiger partial charge in [-0.05, 0) is 81.5 Å². The number of fused-ring (bicyclic) bond motifs is 3. The van der Waals surface area contributed by atoms with Crippen molar-refractivity contribution in [1.82, 2.24) is 35.5 Å². The SMILES string of the molecule is CNC(=O)CCN(C=O)c1cccc2c1cnn2C1CCN(CC2CC3CCC(C2)N3c2ccc(C(=O)NC3CCCCC3)nn2)CC1. The van der Waals surface area contributed by atoms with Gasteiger partial charge in [-0.25, -0.2) is 0 Å². The second-order valence-corrected chi connectivity index (χ2v) is 14.3. The van der Waals surface area contributed by atoms with E-state index in [4.69, 9.17) is 5.10 Å². The Balaban J connectivity index is 0.917. The zero-order chi connectivity index (χ0) is 33.0. The van der Waals surface area contributed by atoms with E-state index in [0.29, 0.717) is 36.3 Å². The minimum Gasteiger partial charge on any atom is -0.359 e. The Labute approximate surface area is 282 Å². The second-order valence-electron chi connectivity index (χ2n) is 14.3. The zero-order valence-corrected chi connectivity index (χ0v) is 28.1. The first-order valence-electron chi connectivity index (χ1n) is 18.0. The van der Waals surface area contributed by atoms with Crippen molar-refractivity contribution in [1.29, 1.82) is 0 Å². The third kappa shape index (κ3) is 6.90. The maximum Gasteiger partial charge on any atom is 0.272 e. The molecule has 5 heterocycles. The van der Waals surface area contributed by atoms with Crippen molar-refractivity contribution in [3.05, 3.63) is 42.2 Å². The molecule has 1 saturated carbocycles. The molecule has 48 heavy (non-hydrogen) atoms. The number of anilines is 2. The van der Waals surface area contributed by atoms with Gasteiger partial charge in [0, 0.05) is 63.2 Å². The van der Waals surface area contributed by atoms with Crippen LogP contribution in [0.1, 0.15) is 93.6 Å². The Morgan fingerprint density at radius 1 is 0.938 bits per heavy atom. The standard InChI is InChI=1S/C36H49N9O3/c1-37-35(47)16-19-43(24-46)32-8-5-9-33-30(32)22-38-45(33)27-14-17-42(18-15-27)23-25-20-28-10-11-29(21-25)44(28)34-13-12-31(40-41-34)36(48)39-26-6-3-2-4-7-26/h5,8-9,12-13,22,24-29H,2-4,6-7,10-11,14-21,23H2,1H3,(H,37,47)(H,39,48). The summed E-state index contributed by atoms with van der Waals surface area (Å²) >= 11 is 0. The average molecular weight is 656 g/mol. The number of likely N-dealkylation sites (tertiary alicyclic amines) is 1. The molecule has 12 nitrogen and oxygen atoms in total. The lowest BCUT2D eigenvalue weighted by Crippen LogP contribution is -2.47. The molecule has 0 spiro atoms. The fourth-order valence-corrected chi connectivity index (χ4v) is 8.79. The fourth-order valence-electron chi connectivity index (χ4n) is 8.79. The summed E-state index contributed by atoms with van der Waals surface area (Å²) in [6.45, 7) is 3.54. The van der Waals surface area contributed by atoms with Gasteiger partial charge in [0.2, 0.25) is 12.3 Å². The van der Waals surface area contributed by atoms with Gasteiger partial charge in [0.05, 0.1) is 23.4 Å². The minimum absolute atomic E-state index is 0.0922. The van der Waals surface area contributed by atoms with E-state index in [1.807, 2.05) is 30.5 Å². The van der Waals surface area contributed by atoms with Crippen LogP contribution in [0.3, 0.4) is 0 Å². The molecule has 2 aromatic heterocycles. The minimum atomic E-state index is -0.101. The third-order valence-corrected chi connectivity index (χ3v) is 11.3. The van der Waals surface area contributed by atoms with Crippen molar-refractivity contribution in [2.45, 2.75) is 101 Å². The van der Waals surface area contributed by atoms with Crippen LogP contribution in [0.4, 0.5) is 11.5 Å². The predicted molar refractivity (Wildman–Crippen MR) is 185 cm³/mol. The molecule has 256 valence electrons. The summed E-state index contributed by atoms with van der Waals surface area (Å²) in [6.07, 6.45) is 15.5. The first kappa shape index (κ1) is 32.5. The van der Waals surface area contributed by atoms with Gasteiger partial charge >= 0.3 is 0 Å². The molecule has 4 aliphatic rings. The van der Waals surface area contributed by atoms with Crippen LogP contribution < -0.4 is 20.4 Å². The first-order valence-corrected chi connectivity index (χ1v) is 18.0. The lowest BCUT2D eigenvalue weighted by Gasteiger charge is -2.42. The number of hydrogen-bond donors (Lipinski definition) is 2. The highest BCUT2D eigenvalue weighted by Crippen LogP contribution is 2.41. The molecule has 3 amide bonds. The first-order chi connectivity index (χ1) is 23.5. The fraction of sp³-hybridized carbons (Fsp3) is 0.611. The van der Waals surface area contributed by atoms with Gasteiger partial charge in [-0.15, -0.1) is 10.2 Å². The molecule has 12 heteroatoms. The maximum absolute atomic E-state index is 12.8. The van der Waals surface area contributed by atoms with Crippen molar-refractivity contribution in [2.24, 2.45) is 5.92 Å². The molecule has 2 atom stereocenters. The number of nitrogens with zero attached hydrogens (tertiary/aromatic N) is 7. The average Bonchev–Trinajstić information content (AvgIpc) is 3.67. The normalized spacial score (nSPS) is 23.7. The highest BCUT2D eigenvalue weighted by molar-refractivity contribution is 5.97. The molecule has 1 aliphatic carbocycles. The Morgan fingerprint density at radius 3 is 2.40 bits per heavy atom. The zero-order valence-electron chi connectivity index (χ0n) is 28.1. The summed E-state index contributed by atoms with van der Waals surface area (Å²) in [4.78, 5) is 43.2. The number of hydrogen-bond acceptors (Lipinski definition) is 8. The Bertz CT molecular complexity index is 1570. The number of piperidine rings is 2. The summed E-state index contributed by atoms with van der Waals surface area (Å²) in [7, 11) is 1.61. The molecule has 2 bridgehead atoms. The molecule has 1 aromatic carbocycles. The molecular formula is C36H49N9O3. The highest BCUT2D eigenvalue weighted by atomic mass is 16.2. The van der Waals surface area contributed by atoms with Crippen molar-refractivity contribution < 1.29 is 14.4 Å². The van der Waals surface area contributed by atoms with Gasteiger partial charge in [-0.2, -0.15) is 5.10 Å². The van der Waals surface area contributed by atoms with Crippen molar-refractivity contribution in [3.63, 3.8) is 0 Å². The molecule has 2 unspecified atom stereocenters. The van der Waals surface area contributed by atoms with E-state index in [2.05, 4.69) is 41.4 Å². The lowest BCUT2D eigenvalue weighted by atomic mass is 9.89. The number of carbonyl (C=O) groups is 3. The van der Waals surface area contributed by atoms with E-state index < -0.39 is 0 Å². The molecule has 3 aromatic rings. The van der Waals surface area contributed by atoms with Gasteiger partial charge in [0.1, 0.15) is 0 Å². The van der Waals surface area contributed by atoms with Gasteiger partial charge in [0.25, 0.3) is 5.91 Å². The van der Waals surface area contributed by atoms with Crippen LogP contribution >= 0.6 is 0 Å². The van der Waals surface area contributed by atoms with E-state index in [0.717, 1.165) is 74.1 Å². The number of nitrogens with one attached hydrogen (secondary N) is 2. The topological polar surface area (TPSA) is 129 Å². The van der Waals surface area contributed by atoms with Crippen molar-refractivity contribution >= 4 is 40.6 Å². The summed E-state index contributed by atoms with van der Waals surface area (Å²) < 4.78 is 2.14. The maximum atomic E-state index is 12.8. The van der Waals surface area contributed by atoms with Crippen LogP contribution in [0.2, 0.25) is 0 Å². The summed E-state index contributed by atoms with van der Waals surface area (Å²) in [5, 5.41) is 20.4. The molecule has 4 fully saturated rings. The number of rotatable bonds is 11. The van der Waals surface area contributed by atoms with Crippen LogP contribution in [0, 0.1) is 5.92 Å². The predicted octanol–water partition coefficient (Wildman–Crippen LogP) is 4.07. The van der Waals surface area contributed by atoms with E-state index in [1.165, 1.54) is 44.9 Å². The van der Waals surface area contributed by atoms with E-state index in [9.17, 15) is 14.4 Å². The van der Waals surface area contributed by atoms with Crippen LogP contribution in [0.25, 0.3) is 10.9 Å². The monoisotopic (exact) mass is 655 g/mol. The third-order valence-electron chi connectivity index (χ3n) is 11.3. The van der Waals surface area contributed by atoms with Gasteiger partial charge in [-0.3, -0.25) is 19.1 Å². The van der Waals surface area contributed by atoms with Gasteiger partial charge < -0.3 is 25.3 Å². The van der Waals surface area contributed by atoms with E-state index in [1.54, 1.807) is 11.9 Å². The van der Waals surface area contributed by atoms with Gasteiger partial charge in [-0.1, -0.05) is 25.3 Å². The number of aromatic nitrogens is 4. The smallest absolute Gasteiger partial charge is 0.272 e. The molecule has 2 N–H and O–H groups in total. The largest absolute Gasteiger partial charge is 0.359 e. The number of amides is 3. The summed E-state index contributed by atoms with van der Waals surface area (Å²) in [5.41, 5.74) is 2.24. The molecule has 7 rings (SSSR count). The van der Waals surface area contributed by atoms with E-state index >= 15 is 0 Å². The van der Waals surface area contributed by atoms with Crippen LogP contribution in [-0.2, 0) is 9.59 Å². The number of carbonyl (C=O) groups excluding carboxylic acids is 3. The van der Waals surface area contributed by atoms with Gasteiger partial charge in [0.15, 0.2) is 11.5 Å². The van der Waals surface area contributed by atoms with Crippen LogP contribution in [0.5, 0.6) is 0 Å². The molecule has 3 saturated heterocycles. The van der Waals surface area contributed by atoms with Crippen molar-refractivity contribution in [2.75, 3.05) is 43.0 Å².